The molecular weight excluding hydrogens is 305 g/mol. The molecule has 0 amide bonds. The molecule has 5 heteroatoms. The maximum absolute atomic E-state index is 6.28. The van der Waals surface area contributed by atoms with Crippen LogP contribution in [-0.2, 0) is 6.42 Å². The van der Waals surface area contributed by atoms with Gasteiger partial charge in [0.15, 0.2) is 0 Å². The van der Waals surface area contributed by atoms with Gasteiger partial charge in [0.2, 0.25) is 0 Å². The Morgan fingerprint density at radius 3 is 2.62 bits per heavy atom. The molecule has 2 aromatic heterocycles. The number of hydrogen-bond acceptors (Lipinski definition) is 2. The predicted molar refractivity (Wildman–Crippen MR) is 87.2 cm³/mol. The van der Waals surface area contributed by atoms with Crippen molar-refractivity contribution in [2.24, 2.45) is 0 Å². The zero-order chi connectivity index (χ0) is 14.8. The highest BCUT2D eigenvalue weighted by atomic mass is 35.5. The monoisotopic (exact) mass is 319 g/mol. The minimum atomic E-state index is 0.0994. The van der Waals surface area contributed by atoms with Crippen molar-refractivity contribution in [1.29, 1.82) is 0 Å². The highest BCUT2D eigenvalue weighted by Crippen LogP contribution is 2.30. The summed E-state index contributed by atoms with van der Waals surface area (Å²) in [6.07, 6.45) is 4.54. The third-order valence-electron chi connectivity index (χ3n) is 3.65. The van der Waals surface area contributed by atoms with Gasteiger partial charge in [-0.15, -0.1) is 0 Å². The lowest BCUT2D eigenvalue weighted by Crippen LogP contribution is -2.19. The summed E-state index contributed by atoms with van der Waals surface area (Å²) >= 11 is 12.6. The minimum Gasteiger partial charge on any atom is -0.313 e. The average Bonchev–Trinajstić information content (AvgIpc) is 2.91. The maximum Gasteiger partial charge on any atom is 0.0709 e. The highest BCUT2D eigenvalue weighted by Gasteiger charge is 2.18. The largest absolute Gasteiger partial charge is 0.313 e. The van der Waals surface area contributed by atoms with Crippen LogP contribution in [0.2, 0.25) is 10.0 Å². The molecule has 0 aliphatic carbocycles. The zero-order valence-electron chi connectivity index (χ0n) is 11.6. The Morgan fingerprint density at radius 2 is 1.90 bits per heavy atom. The summed E-state index contributed by atoms with van der Waals surface area (Å²) < 4.78 is 1.87. The van der Waals surface area contributed by atoms with E-state index in [2.05, 4.69) is 16.5 Å². The fraction of sp³-hybridized carbons (Fsp3) is 0.188. The highest BCUT2D eigenvalue weighted by molar-refractivity contribution is 6.36. The van der Waals surface area contributed by atoms with Crippen molar-refractivity contribution < 1.29 is 0 Å². The first-order valence-corrected chi connectivity index (χ1v) is 7.48. The quantitative estimate of drug-likeness (QED) is 0.783. The molecule has 1 atom stereocenters. The first-order chi connectivity index (χ1) is 10.2. The second-order valence-electron chi connectivity index (χ2n) is 4.88. The van der Waals surface area contributed by atoms with Crippen LogP contribution in [0.25, 0.3) is 5.52 Å². The van der Waals surface area contributed by atoms with E-state index in [1.165, 1.54) is 0 Å². The average molecular weight is 320 g/mol. The third kappa shape index (κ3) is 2.77. The molecule has 3 aromatic rings. The lowest BCUT2D eigenvalue weighted by Gasteiger charge is -2.17. The van der Waals surface area contributed by atoms with Crippen LogP contribution in [0.5, 0.6) is 0 Å². The van der Waals surface area contributed by atoms with Crippen molar-refractivity contribution in [3.63, 3.8) is 0 Å². The molecule has 3 rings (SSSR count). The van der Waals surface area contributed by atoms with Crippen LogP contribution in [0.4, 0.5) is 0 Å². The van der Waals surface area contributed by atoms with Crippen LogP contribution in [0.3, 0.4) is 0 Å². The van der Waals surface area contributed by atoms with Gasteiger partial charge >= 0.3 is 0 Å². The van der Waals surface area contributed by atoms with Crippen LogP contribution in [0.15, 0.2) is 48.8 Å². The number of hydrogen-bond donors (Lipinski definition) is 1. The van der Waals surface area contributed by atoms with E-state index < -0.39 is 0 Å². The number of nitrogens with one attached hydrogen (secondary N) is 1. The Balaban J connectivity index is 1.99. The number of likely N-dealkylation sites (N-methyl/N-ethyl adjacent to an activating group) is 1. The van der Waals surface area contributed by atoms with Gasteiger partial charge in [-0.3, -0.25) is 0 Å². The van der Waals surface area contributed by atoms with Gasteiger partial charge in [0, 0.05) is 27.8 Å². The summed E-state index contributed by atoms with van der Waals surface area (Å²) in [5.41, 5.74) is 3.17. The van der Waals surface area contributed by atoms with Gasteiger partial charge in [-0.2, -0.15) is 5.10 Å². The van der Waals surface area contributed by atoms with E-state index in [0.717, 1.165) is 16.6 Å². The summed E-state index contributed by atoms with van der Waals surface area (Å²) in [7, 11) is 1.93. The van der Waals surface area contributed by atoms with Crippen molar-refractivity contribution in [2.45, 2.75) is 12.5 Å². The van der Waals surface area contributed by atoms with Crippen LogP contribution in [0, 0.1) is 0 Å². The molecule has 21 heavy (non-hydrogen) atoms. The second kappa shape index (κ2) is 6.06. The molecule has 0 aliphatic rings. The summed E-state index contributed by atoms with van der Waals surface area (Å²) in [6.45, 7) is 0. The molecule has 0 saturated heterocycles. The van der Waals surface area contributed by atoms with Crippen molar-refractivity contribution in [3.05, 3.63) is 70.0 Å². The summed E-state index contributed by atoms with van der Waals surface area (Å²) in [5, 5.41) is 9.10. The second-order valence-corrected chi connectivity index (χ2v) is 5.69. The van der Waals surface area contributed by atoms with Crippen molar-refractivity contribution in [2.75, 3.05) is 7.05 Å². The van der Waals surface area contributed by atoms with E-state index in [1.807, 2.05) is 54.3 Å². The van der Waals surface area contributed by atoms with Crippen molar-refractivity contribution in [1.82, 2.24) is 14.9 Å². The normalized spacial score (nSPS) is 12.7. The SMILES string of the molecule is CNC(Cc1c(Cl)cccc1Cl)c1cnn2ccccc12. The van der Waals surface area contributed by atoms with E-state index in [-0.39, 0.29) is 6.04 Å². The van der Waals surface area contributed by atoms with Crippen molar-refractivity contribution in [3.8, 4) is 0 Å². The van der Waals surface area contributed by atoms with Gasteiger partial charge in [0.1, 0.15) is 0 Å². The standard InChI is InChI=1S/C16H15Cl2N3/c1-19-15(9-11-13(17)5-4-6-14(11)18)12-10-20-21-8-3-2-7-16(12)21/h2-8,10,15,19H,9H2,1H3. The Bertz CT molecular complexity index is 747. The first-order valence-electron chi connectivity index (χ1n) is 6.73. The number of benzene rings is 1. The topological polar surface area (TPSA) is 29.3 Å². The molecule has 0 saturated carbocycles. The van der Waals surface area contributed by atoms with Crippen LogP contribution < -0.4 is 5.32 Å². The van der Waals surface area contributed by atoms with Crippen LogP contribution >= 0.6 is 23.2 Å². The van der Waals surface area contributed by atoms with Gasteiger partial charge in [-0.25, -0.2) is 4.52 Å². The Kier molecular flexibility index (Phi) is 4.15. The first kappa shape index (κ1) is 14.4. The number of nitrogens with zero attached hydrogens (tertiary/aromatic N) is 2. The number of halogens is 2. The van der Waals surface area contributed by atoms with Gasteiger partial charge < -0.3 is 5.32 Å². The lowest BCUT2D eigenvalue weighted by atomic mass is 10.00. The van der Waals surface area contributed by atoms with E-state index in [4.69, 9.17) is 23.2 Å². The predicted octanol–water partition coefficient (Wildman–Crippen LogP) is 4.14. The summed E-state index contributed by atoms with van der Waals surface area (Å²) in [5.74, 6) is 0. The number of fused-ring (bicyclic) bond motifs is 1. The molecule has 0 fully saturated rings. The molecule has 0 radical (unpaired) electrons. The Hall–Kier alpha value is -1.55. The molecule has 1 N–H and O–H groups in total. The molecule has 0 bridgehead atoms. The van der Waals surface area contributed by atoms with Crippen LogP contribution in [0.1, 0.15) is 17.2 Å². The Labute approximate surface area is 133 Å². The van der Waals surface area contributed by atoms with Crippen LogP contribution in [-0.4, -0.2) is 16.7 Å². The minimum absolute atomic E-state index is 0.0994. The van der Waals surface area contributed by atoms with Gasteiger partial charge in [0.05, 0.1) is 11.7 Å². The van der Waals surface area contributed by atoms with E-state index in [9.17, 15) is 0 Å². The third-order valence-corrected chi connectivity index (χ3v) is 4.36. The molecule has 0 spiro atoms. The molecule has 3 nitrogen and oxygen atoms in total. The molecule has 108 valence electrons. The van der Waals surface area contributed by atoms with Crippen molar-refractivity contribution >= 4 is 28.7 Å². The lowest BCUT2D eigenvalue weighted by molar-refractivity contribution is 0.596. The fourth-order valence-electron chi connectivity index (χ4n) is 2.52. The van der Waals surface area contributed by atoms with E-state index in [1.54, 1.807) is 0 Å². The summed E-state index contributed by atoms with van der Waals surface area (Å²) in [4.78, 5) is 0. The molecule has 0 aliphatic heterocycles. The van der Waals surface area contributed by atoms with E-state index in [0.29, 0.717) is 16.5 Å². The molecular formula is C16H15Cl2N3. The molecule has 1 unspecified atom stereocenters. The number of rotatable bonds is 4. The van der Waals surface area contributed by atoms with Gasteiger partial charge in [-0.1, -0.05) is 35.3 Å². The number of aromatic nitrogens is 2. The van der Waals surface area contributed by atoms with Gasteiger partial charge in [-0.05, 0) is 43.3 Å². The zero-order valence-corrected chi connectivity index (χ0v) is 13.1. The van der Waals surface area contributed by atoms with E-state index >= 15 is 0 Å². The Morgan fingerprint density at radius 1 is 1.14 bits per heavy atom. The smallest absolute Gasteiger partial charge is 0.0709 e. The number of pyridine rings is 1. The fourth-order valence-corrected chi connectivity index (χ4v) is 3.07. The van der Waals surface area contributed by atoms with Gasteiger partial charge in [0.25, 0.3) is 0 Å². The molecule has 1 aromatic carbocycles. The maximum atomic E-state index is 6.28. The molecule has 2 heterocycles. The summed E-state index contributed by atoms with van der Waals surface area (Å²) in [6, 6.07) is 11.7.